The van der Waals surface area contributed by atoms with Gasteiger partial charge >= 0.3 is 0 Å². The molecule has 2 aliphatic heterocycles. The fourth-order valence-corrected chi connectivity index (χ4v) is 4.49. The van der Waals surface area contributed by atoms with Crippen molar-refractivity contribution < 1.29 is 9.47 Å². The topological polar surface area (TPSA) is 25.1 Å². The van der Waals surface area contributed by atoms with Gasteiger partial charge in [0.05, 0.1) is 24.4 Å². The lowest BCUT2D eigenvalue weighted by Crippen LogP contribution is -2.37. The Kier molecular flexibility index (Phi) is 2.21. The van der Waals surface area contributed by atoms with Crippen LogP contribution >= 0.6 is 0 Å². The highest BCUT2D eigenvalue weighted by Crippen LogP contribution is 2.54. The van der Waals surface area contributed by atoms with Gasteiger partial charge in [-0.3, -0.25) is 0 Å². The largest absolute Gasteiger partial charge is 0.370 e. The molecule has 4 rings (SSSR count). The van der Waals surface area contributed by atoms with Gasteiger partial charge in [0.15, 0.2) is 0 Å². The molecule has 0 aromatic carbocycles. The number of fused-ring (bicyclic) bond motifs is 2. The van der Waals surface area contributed by atoms with Crippen molar-refractivity contribution in [2.75, 3.05) is 0 Å². The Morgan fingerprint density at radius 1 is 0.706 bits per heavy atom. The lowest BCUT2D eigenvalue weighted by Gasteiger charge is -2.43. The van der Waals surface area contributed by atoms with E-state index in [-0.39, 0.29) is 0 Å². The molecule has 0 aromatic rings. The standard InChI is InChI=1S/C15H24O2/c1-15(2,9-3-5-11-13(7-9)16-11)10-4-6-12-14(8-10)17-12/h9-14H,3-8H2,1-2H3/t9-,10-,11-,12+,13-,14-/m1/s1. The number of epoxide rings is 2. The highest BCUT2D eigenvalue weighted by molar-refractivity contribution is 5.01. The number of ether oxygens (including phenoxy) is 2. The highest BCUT2D eigenvalue weighted by atomic mass is 16.6. The van der Waals surface area contributed by atoms with Crippen molar-refractivity contribution in [1.82, 2.24) is 0 Å². The molecule has 0 N–H and O–H groups in total. The normalized spacial score (nSPS) is 52.6. The molecule has 0 spiro atoms. The zero-order chi connectivity index (χ0) is 11.6. The summed E-state index contributed by atoms with van der Waals surface area (Å²) in [6.07, 6.45) is 10.6. The minimum Gasteiger partial charge on any atom is -0.370 e. The molecule has 4 fully saturated rings. The van der Waals surface area contributed by atoms with Crippen LogP contribution in [0.1, 0.15) is 52.4 Å². The van der Waals surface area contributed by atoms with Gasteiger partial charge in [-0.1, -0.05) is 13.8 Å². The molecule has 17 heavy (non-hydrogen) atoms. The minimum atomic E-state index is 0.494. The summed E-state index contributed by atoms with van der Waals surface area (Å²) < 4.78 is 11.4. The molecule has 0 amide bonds. The molecule has 96 valence electrons. The zero-order valence-electron chi connectivity index (χ0n) is 11.0. The van der Waals surface area contributed by atoms with Gasteiger partial charge in [-0.25, -0.2) is 0 Å². The van der Waals surface area contributed by atoms with Gasteiger partial charge in [0.2, 0.25) is 0 Å². The van der Waals surface area contributed by atoms with Crippen LogP contribution in [0.15, 0.2) is 0 Å². The van der Waals surface area contributed by atoms with Gasteiger partial charge in [0.25, 0.3) is 0 Å². The van der Waals surface area contributed by atoms with E-state index in [1.165, 1.54) is 38.5 Å². The van der Waals surface area contributed by atoms with Gasteiger partial charge in [-0.15, -0.1) is 0 Å². The molecule has 0 bridgehead atoms. The van der Waals surface area contributed by atoms with Crippen molar-refractivity contribution in [1.29, 1.82) is 0 Å². The Balaban J connectivity index is 1.45. The van der Waals surface area contributed by atoms with E-state index in [2.05, 4.69) is 13.8 Å². The fourth-order valence-electron chi connectivity index (χ4n) is 4.49. The quantitative estimate of drug-likeness (QED) is 0.688. The maximum absolute atomic E-state index is 5.70. The first kappa shape index (κ1) is 10.8. The van der Waals surface area contributed by atoms with Crippen LogP contribution in [0, 0.1) is 17.3 Å². The van der Waals surface area contributed by atoms with Gasteiger partial charge in [-0.05, 0) is 55.8 Å². The third-order valence-electron chi connectivity index (χ3n) is 6.11. The van der Waals surface area contributed by atoms with Crippen molar-refractivity contribution in [3.8, 4) is 0 Å². The molecule has 2 saturated carbocycles. The molecule has 0 unspecified atom stereocenters. The van der Waals surface area contributed by atoms with Crippen LogP contribution in [0.4, 0.5) is 0 Å². The Hall–Kier alpha value is -0.0800. The molecule has 0 aromatic heterocycles. The van der Waals surface area contributed by atoms with Crippen molar-refractivity contribution in [2.45, 2.75) is 76.8 Å². The van der Waals surface area contributed by atoms with Crippen molar-refractivity contribution in [3.05, 3.63) is 0 Å². The first-order chi connectivity index (χ1) is 8.14. The first-order valence-electron chi connectivity index (χ1n) is 7.45. The van der Waals surface area contributed by atoms with Gasteiger partial charge < -0.3 is 9.47 Å². The van der Waals surface area contributed by atoms with E-state index in [1.807, 2.05) is 0 Å². The smallest absolute Gasteiger partial charge is 0.0844 e. The van der Waals surface area contributed by atoms with E-state index in [0.29, 0.717) is 29.8 Å². The summed E-state index contributed by atoms with van der Waals surface area (Å²) in [4.78, 5) is 0. The van der Waals surface area contributed by atoms with E-state index in [0.717, 1.165) is 11.8 Å². The van der Waals surface area contributed by atoms with Crippen LogP contribution in [0.25, 0.3) is 0 Å². The van der Waals surface area contributed by atoms with Gasteiger partial charge in [-0.2, -0.15) is 0 Å². The number of hydrogen-bond donors (Lipinski definition) is 0. The summed E-state index contributed by atoms with van der Waals surface area (Å²) in [5.74, 6) is 1.76. The van der Waals surface area contributed by atoms with E-state index in [9.17, 15) is 0 Å². The molecule has 0 radical (unpaired) electrons. The maximum Gasteiger partial charge on any atom is 0.0844 e. The summed E-state index contributed by atoms with van der Waals surface area (Å²) in [6.45, 7) is 5.02. The first-order valence-corrected chi connectivity index (χ1v) is 7.45. The van der Waals surface area contributed by atoms with Crippen molar-refractivity contribution >= 4 is 0 Å². The molecular weight excluding hydrogens is 212 g/mol. The van der Waals surface area contributed by atoms with Crippen LogP contribution in [0.2, 0.25) is 0 Å². The predicted octanol–water partition coefficient (Wildman–Crippen LogP) is 3.15. The molecule has 2 aliphatic carbocycles. The van der Waals surface area contributed by atoms with Crippen LogP contribution in [0.5, 0.6) is 0 Å². The monoisotopic (exact) mass is 236 g/mol. The van der Waals surface area contributed by atoms with E-state index >= 15 is 0 Å². The molecule has 4 aliphatic rings. The minimum absolute atomic E-state index is 0.494. The fraction of sp³-hybridized carbons (Fsp3) is 1.00. The SMILES string of the molecule is CC(C)([C@@H]1CC[C@@H]2O[C@@H]2C1)[C@@H]1CC[C@H]2O[C@@H]2C1. The molecule has 2 heteroatoms. The number of rotatable bonds is 2. The van der Waals surface area contributed by atoms with E-state index < -0.39 is 0 Å². The Bertz CT molecular complexity index is 295. The Morgan fingerprint density at radius 3 is 1.59 bits per heavy atom. The maximum atomic E-state index is 5.70. The van der Waals surface area contributed by atoms with Crippen molar-refractivity contribution in [2.24, 2.45) is 17.3 Å². The van der Waals surface area contributed by atoms with Crippen molar-refractivity contribution in [3.63, 3.8) is 0 Å². The Labute approximate surface area is 104 Å². The summed E-state index contributed by atoms with van der Waals surface area (Å²) in [6, 6.07) is 0. The van der Waals surface area contributed by atoms with E-state index in [4.69, 9.17) is 9.47 Å². The van der Waals surface area contributed by atoms with E-state index in [1.54, 1.807) is 0 Å². The molecular formula is C15H24O2. The summed E-state index contributed by atoms with van der Waals surface area (Å²) in [5, 5.41) is 0. The average molecular weight is 236 g/mol. The Morgan fingerprint density at radius 2 is 1.18 bits per heavy atom. The third-order valence-corrected chi connectivity index (χ3v) is 6.11. The lowest BCUT2D eigenvalue weighted by molar-refractivity contribution is 0.0678. The molecule has 6 atom stereocenters. The summed E-state index contributed by atoms with van der Waals surface area (Å²) in [5.41, 5.74) is 0.494. The van der Waals surface area contributed by atoms with Crippen LogP contribution < -0.4 is 0 Å². The van der Waals surface area contributed by atoms with Crippen LogP contribution in [-0.2, 0) is 9.47 Å². The highest BCUT2D eigenvalue weighted by Gasteiger charge is 2.52. The van der Waals surface area contributed by atoms with Crippen LogP contribution in [-0.4, -0.2) is 24.4 Å². The second kappa shape index (κ2) is 3.48. The predicted molar refractivity (Wildman–Crippen MR) is 65.8 cm³/mol. The summed E-state index contributed by atoms with van der Waals surface area (Å²) >= 11 is 0. The van der Waals surface area contributed by atoms with Gasteiger partial charge in [0, 0.05) is 0 Å². The lowest BCUT2D eigenvalue weighted by atomic mass is 9.61. The molecule has 2 nitrogen and oxygen atoms in total. The second-order valence-electron chi connectivity index (χ2n) is 7.27. The second-order valence-corrected chi connectivity index (χ2v) is 7.27. The zero-order valence-corrected chi connectivity index (χ0v) is 11.0. The van der Waals surface area contributed by atoms with Gasteiger partial charge in [0.1, 0.15) is 0 Å². The molecule has 2 heterocycles. The van der Waals surface area contributed by atoms with Crippen LogP contribution in [0.3, 0.4) is 0 Å². The number of hydrogen-bond acceptors (Lipinski definition) is 2. The third kappa shape index (κ3) is 1.76. The average Bonchev–Trinajstić information content (AvgIpc) is 3.21. The molecule has 2 saturated heterocycles. The summed E-state index contributed by atoms with van der Waals surface area (Å²) in [7, 11) is 0.